The van der Waals surface area contributed by atoms with Crippen molar-refractivity contribution in [3.05, 3.63) is 34.1 Å². The van der Waals surface area contributed by atoms with Gasteiger partial charge in [0.2, 0.25) is 0 Å². The zero-order chi connectivity index (χ0) is 9.84. The molecule has 0 aromatic heterocycles. The predicted molar refractivity (Wildman–Crippen MR) is 50.3 cm³/mol. The molecule has 70 valence electrons. The van der Waals surface area contributed by atoms with E-state index < -0.39 is 5.82 Å². The van der Waals surface area contributed by atoms with Crippen LogP contribution in [0.25, 0.3) is 0 Å². The summed E-state index contributed by atoms with van der Waals surface area (Å²) in [5.74, 6) is -0.684. The normalized spacial score (nSPS) is 10.1. The lowest BCUT2D eigenvalue weighted by Crippen LogP contribution is -2.08. The summed E-state index contributed by atoms with van der Waals surface area (Å²) in [6.45, 7) is -0.0396. The van der Waals surface area contributed by atoms with Crippen LogP contribution in [0.1, 0.15) is 10.4 Å². The Morgan fingerprint density at radius 3 is 2.92 bits per heavy atom. The van der Waals surface area contributed by atoms with Gasteiger partial charge < -0.3 is 4.74 Å². The highest BCUT2D eigenvalue weighted by Gasteiger charge is 2.11. The molecule has 0 saturated carbocycles. The lowest BCUT2D eigenvalue weighted by molar-refractivity contribution is 0.0846. The summed E-state index contributed by atoms with van der Waals surface area (Å²) in [6, 6.07) is 4.32. The quantitative estimate of drug-likeness (QED) is 0.766. The SMILES string of the molecule is COCC(=O)c1cccc(F)c1Br. The van der Waals surface area contributed by atoms with E-state index in [4.69, 9.17) is 0 Å². The van der Waals surface area contributed by atoms with Gasteiger partial charge in [-0.05, 0) is 28.1 Å². The molecule has 1 rings (SSSR count). The van der Waals surface area contributed by atoms with Gasteiger partial charge in [0, 0.05) is 12.7 Å². The summed E-state index contributed by atoms with van der Waals surface area (Å²) in [5.41, 5.74) is 0.307. The molecule has 0 spiro atoms. The standard InChI is InChI=1S/C9H8BrFO2/c1-13-5-8(12)6-3-2-4-7(11)9(6)10/h2-4H,5H2,1H3. The van der Waals surface area contributed by atoms with Crippen LogP contribution in [-0.2, 0) is 4.74 Å². The minimum atomic E-state index is -0.443. The Kier molecular flexibility index (Phi) is 3.57. The van der Waals surface area contributed by atoms with E-state index in [-0.39, 0.29) is 16.9 Å². The largest absolute Gasteiger partial charge is 0.377 e. The van der Waals surface area contributed by atoms with Crippen LogP contribution in [0.2, 0.25) is 0 Å². The van der Waals surface area contributed by atoms with Crippen molar-refractivity contribution in [1.29, 1.82) is 0 Å². The predicted octanol–water partition coefficient (Wildman–Crippen LogP) is 2.42. The minimum Gasteiger partial charge on any atom is -0.377 e. The molecule has 0 bridgehead atoms. The number of methoxy groups -OCH3 is 1. The summed E-state index contributed by atoms with van der Waals surface area (Å²) in [7, 11) is 1.42. The van der Waals surface area contributed by atoms with Gasteiger partial charge in [0.25, 0.3) is 0 Å². The second-order valence-electron chi connectivity index (χ2n) is 2.46. The summed E-state index contributed by atoms with van der Waals surface area (Å²) < 4.78 is 17.8. The van der Waals surface area contributed by atoms with Crippen LogP contribution < -0.4 is 0 Å². The summed E-state index contributed by atoms with van der Waals surface area (Å²) in [5, 5.41) is 0. The van der Waals surface area contributed by atoms with Crippen LogP contribution in [0.5, 0.6) is 0 Å². The number of hydrogen-bond donors (Lipinski definition) is 0. The van der Waals surface area contributed by atoms with Crippen LogP contribution >= 0.6 is 15.9 Å². The molecule has 0 aliphatic heterocycles. The highest BCUT2D eigenvalue weighted by Crippen LogP contribution is 2.20. The van der Waals surface area contributed by atoms with E-state index in [2.05, 4.69) is 20.7 Å². The molecule has 0 fully saturated rings. The van der Waals surface area contributed by atoms with E-state index in [1.807, 2.05) is 0 Å². The molecule has 0 unspecified atom stereocenters. The van der Waals surface area contributed by atoms with Crippen molar-refractivity contribution in [3.8, 4) is 0 Å². The van der Waals surface area contributed by atoms with E-state index in [0.29, 0.717) is 5.56 Å². The monoisotopic (exact) mass is 246 g/mol. The fraction of sp³-hybridized carbons (Fsp3) is 0.222. The highest BCUT2D eigenvalue weighted by molar-refractivity contribution is 9.10. The Hall–Kier alpha value is -0.740. The van der Waals surface area contributed by atoms with Crippen molar-refractivity contribution in [2.75, 3.05) is 13.7 Å². The molecule has 1 aromatic rings. The van der Waals surface area contributed by atoms with Gasteiger partial charge in [0.15, 0.2) is 5.78 Å². The minimum absolute atomic E-state index is 0.0396. The fourth-order valence-electron chi connectivity index (χ4n) is 0.928. The summed E-state index contributed by atoms with van der Waals surface area (Å²) in [4.78, 5) is 11.3. The Morgan fingerprint density at radius 2 is 2.31 bits per heavy atom. The van der Waals surface area contributed by atoms with Crippen LogP contribution in [0.4, 0.5) is 4.39 Å². The first-order valence-electron chi connectivity index (χ1n) is 3.63. The van der Waals surface area contributed by atoms with E-state index >= 15 is 0 Å². The molecule has 1 aromatic carbocycles. The number of ether oxygens (including phenoxy) is 1. The fourth-order valence-corrected chi connectivity index (χ4v) is 1.41. The average molecular weight is 247 g/mol. The van der Waals surface area contributed by atoms with E-state index in [1.165, 1.54) is 19.2 Å². The Balaban J connectivity index is 3.01. The Labute approximate surface area is 83.8 Å². The summed E-state index contributed by atoms with van der Waals surface area (Å²) in [6.07, 6.45) is 0. The third-order valence-electron chi connectivity index (χ3n) is 1.53. The average Bonchev–Trinajstić information content (AvgIpc) is 2.10. The van der Waals surface area contributed by atoms with Gasteiger partial charge in [0.1, 0.15) is 12.4 Å². The molecular weight excluding hydrogens is 239 g/mol. The number of ketones is 1. The smallest absolute Gasteiger partial charge is 0.189 e. The van der Waals surface area contributed by atoms with Gasteiger partial charge in [-0.25, -0.2) is 4.39 Å². The zero-order valence-electron chi connectivity index (χ0n) is 7.01. The number of Topliss-reactive ketones (excluding diaryl/α,β-unsaturated/α-hetero) is 1. The van der Waals surface area contributed by atoms with Crippen LogP contribution in [0.15, 0.2) is 22.7 Å². The maximum Gasteiger partial charge on any atom is 0.189 e. The van der Waals surface area contributed by atoms with E-state index in [1.54, 1.807) is 6.07 Å². The van der Waals surface area contributed by atoms with E-state index in [9.17, 15) is 9.18 Å². The van der Waals surface area contributed by atoms with E-state index in [0.717, 1.165) is 0 Å². The molecule has 0 aliphatic rings. The Morgan fingerprint density at radius 1 is 1.62 bits per heavy atom. The Bertz CT molecular complexity index is 325. The molecule has 2 nitrogen and oxygen atoms in total. The van der Waals surface area contributed by atoms with Gasteiger partial charge in [-0.1, -0.05) is 6.07 Å². The zero-order valence-corrected chi connectivity index (χ0v) is 8.60. The lowest BCUT2D eigenvalue weighted by atomic mass is 10.1. The maximum absolute atomic E-state index is 12.9. The maximum atomic E-state index is 12.9. The second-order valence-corrected chi connectivity index (χ2v) is 3.25. The number of benzene rings is 1. The third-order valence-corrected chi connectivity index (χ3v) is 2.33. The van der Waals surface area contributed by atoms with Crippen molar-refractivity contribution in [1.82, 2.24) is 0 Å². The molecule has 13 heavy (non-hydrogen) atoms. The molecule has 4 heteroatoms. The van der Waals surface area contributed by atoms with Crippen molar-refractivity contribution < 1.29 is 13.9 Å². The van der Waals surface area contributed by atoms with Crippen LogP contribution in [0, 0.1) is 5.82 Å². The van der Waals surface area contributed by atoms with Crippen molar-refractivity contribution in [2.45, 2.75) is 0 Å². The first kappa shape index (κ1) is 10.3. The van der Waals surface area contributed by atoms with Crippen molar-refractivity contribution in [3.63, 3.8) is 0 Å². The molecule has 0 saturated heterocycles. The topological polar surface area (TPSA) is 26.3 Å². The molecule has 0 aliphatic carbocycles. The lowest BCUT2D eigenvalue weighted by Gasteiger charge is -2.02. The molecule has 0 atom stereocenters. The van der Waals surface area contributed by atoms with Gasteiger partial charge in [-0.3, -0.25) is 4.79 Å². The number of rotatable bonds is 3. The van der Waals surface area contributed by atoms with Gasteiger partial charge in [0.05, 0.1) is 4.47 Å². The van der Waals surface area contributed by atoms with Crippen molar-refractivity contribution >= 4 is 21.7 Å². The molecule has 0 radical (unpaired) electrons. The number of hydrogen-bond acceptors (Lipinski definition) is 2. The van der Waals surface area contributed by atoms with Crippen LogP contribution in [-0.4, -0.2) is 19.5 Å². The molecule has 0 amide bonds. The molecule has 0 heterocycles. The molecule has 0 N–H and O–H groups in total. The third kappa shape index (κ3) is 2.35. The second kappa shape index (κ2) is 4.48. The number of carbonyl (C=O) groups excluding carboxylic acids is 1. The van der Waals surface area contributed by atoms with Crippen molar-refractivity contribution in [2.24, 2.45) is 0 Å². The first-order valence-corrected chi connectivity index (χ1v) is 4.42. The number of halogens is 2. The van der Waals surface area contributed by atoms with Gasteiger partial charge in [-0.15, -0.1) is 0 Å². The van der Waals surface area contributed by atoms with Crippen LogP contribution in [0.3, 0.4) is 0 Å². The number of carbonyl (C=O) groups is 1. The first-order chi connectivity index (χ1) is 6.16. The highest BCUT2D eigenvalue weighted by atomic mass is 79.9. The molecular formula is C9H8BrFO2. The summed E-state index contributed by atoms with van der Waals surface area (Å²) >= 11 is 3.00. The van der Waals surface area contributed by atoms with Gasteiger partial charge >= 0.3 is 0 Å². The van der Waals surface area contributed by atoms with Gasteiger partial charge in [-0.2, -0.15) is 0 Å².